The zero-order chi connectivity index (χ0) is 17.2. The third kappa shape index (κ3) is 6.13. The van der Waals surface area contributed by atoms with Gasteiger partial charge in [-0.3, -0.25) is 4.90 Å². The molecule has 1 aliphatic rings. The molecule has 0 unspecified atom stereocenters. The lowest BCUT2D eigenvalue weighted by atomic mass is 10.1. The van der Waals surface area contributed by atoms with Gasteiger partial charge in [0.05, 0.1) is 6.61 Å². The molecule has 1 aliphatic heterocycles. The summed E-state index contributed by atoms with van der Waals surface area (Å²) >= 11 is 0. The van der Waals surface area contributed by atoms with E-state index in [1.807, 2.05) is 6.92 Å². The van der Waals surface area contributed by atoms with E-state index in [1.165, 1.54) is 44.3 Å². The zero-order valence-corrected chi connectivity index (χ0v) is 14.8. The van der Waals surface area contributed by atoms with Gasteiger partial charge in [-0.1, -0.05) is 37.1 Å². The molecule has 0 spiro atoms. The lowest BCUT2D eigenvalue weighted by Gasteiger charge is -2.21. The lowest BCUT2D eigenvalue weighted by molar-refractivity contribution is 0.180. The van der Waals surface area contributed by atoms with E-state index < -0.39 is 0 Å². The van der Waals surface area contributed by atoms with Crippen molar-refractivity contribution in [3.05, 3.63) is 35.4 Å². The monoisotopic (exact) mass is 333 g/mol. The Bertz CT molecular complexity index is 499. The molecule has 0 saturated carbocycles. The molecule has 0 aromatic heterocycles. The molecule has 0 atom stereocenters. The van der Waals surface area contributed by atoms with Gasteiger partial charge in [0.2, 0.25) is 0 Å². The average Bonchev–Trinajstić information content (AvgIpc) is 2.86. The van der Waals surface area contributed by atoms with Crippen LogP contribution in [-0.2, 0) is 13.1 Å². The number of aliphatic hydroxyl groups is 1. The standard InChI is InChI=1S/C19H31N3O2/c1-2-22(12-13-23)19(24)20-15-17-8-7-9-18(14-17)16-21-10-5-3-4-6-11-21/h7-9,14,23H,2-6,10-13,15-16H2,1H3,(H,20,24). The Kier molecular flexibility index (Phi) is 8.05. The first-order chi connectivity index (χ1) is 11.7. The van der Waals surface area contributed by atoms with Gasteiger partial charge in [-0.05, 0) is 44.0 Å². The third-order valence-electron chi connectivity index (χ3n) is 4.58. The van der Waals surface area contributed by atoms with Crippen molar-refractivity contribution in [2.24, 2.45) is 0 Å². The van der Waals surface area contributed by atoms with Crippen molar-refractivity contribution in [1.29, 1.82) is 0 Å². The molecule has 5 nitrogen and oxygen atoms in total. The van der Waals surface area contributed by atoms with E-state index in [0.717, 1.165) is 12.1 Å². The van der Waals surface area contributed by atoms with Crippen molar-refractivity contribution in [3.8, 4) is 0 Å². The SMILES string of the molecule is CCN(CCO)C(=O)NCc1cccc(CN2CCCCCC2)c1. The number of benzene rings is 1. The Morgan fingerprint density at radius 1 is 1.21 bits per heavy atom. The van der Waals surface area contributed by atoms with E-state index in [-0.39, 0.29) is 12.6 Å². The number of hydrogen-bond donors (Lipinski definition) is 2. The normalized spacial score (nSPS) is 15.8. The molecule has 1 aromatic carbocycles. The van der Waals surface area contributed by atoms with Gasteiger partial charge in [-0.15, -0.1) is 0 Å². The number of likely N-dealkylation sites (tertiary alicyclic amines) is 1. The maximum atomic E-state index is 12.1. The van der Waals surface area contributed by atoms with Gasteiger partial charge in [0.15, 0.2) is 0 Å². The predicted molar refractivity (Wildman–Crippen MR) is 96.8 cm³/mol. The molecule has 134 valence electrons. The first kappa shape index (κ1) is 18.7. The van der Waals surface area contributed by atoms with Crippen molar-refractivity contribution >= 4 is 6.03 Å². The number of carbonyl (C=O) groups is 1. The summed E-state index contributed by atoms with van der Waals surface area (Å²) < 4.78 is 0. The molecule has 5 heteroatoms. The molecule has 0 radical (unpaired) electrons. The fraction of sp³-hybridized carbons (Fsp3) is 0.632. The number of amides is 2. The van der Waals surface area contributed by atoms with Crippen LogP contribution in [0.3, 0.4) is 0 Å². The molecule has 0 aliphatic carbocycles. The number of nitrogens with zero attached hydrogens (tertiary/aromatic N) is 2. The van der Waals surface area contributed by atoms with Crippen LogP contribution in [0.1, 0.15) is 43.7 Å². The quantitative estimate of drug-likeness (QED) is 0.806. The summed E-state index contributed by atoms with van der Waals surface area (Å²) in [5, 5.41) is 11.9. The van der Waals surface area contributed by atoms with E-state index in [4.69, 9.17) is 5.11 Å². The predicted octanol–water partition coefficient (Wildman–Crippen LogP) is 2.59. The van der Waals surface area contributed by atoms with E-state index in [1.54, 1.807) is 4.90 Å². The first-order valence-electron chi connectivity index (χ1n) is 9.16. The molecule has 2 rings (SSSR count). The highest BCUT2D eigenvalue weighted by molar-refractivity contribution is 5.74. The number of carbonyl (C=O) groups excluding carboxylic acids is 1. The minimum Gasteiger partial charge on any atom is -0.395 e. The second kappa shape index (κ2) is 10.3. The molecule has 2 amide bonds. The van der Waals surface area contributed by atoms with Crippen LogP contribution in [0.25, 0.3) is 0 Å². The summed E-state index contributed by atoms with van der Waals surface area (Å²) in [6.45, 7) is 6.77. The second-order valence-electron chi connectivity index (χ2n) is 6.47. The maximum absolute atomic E-state index is 12.1. The highest BCUT2D eigenvalue weighted by Gasteiger charge is 2.11. The molecule has 1 heterocycles. The average molecular weight is 333 g/mol. The fourth-order valence-corrected chi connectivity index (χ4v) is 3.20. The van der Waals surface area contributed by atoms with E-state index >= 15 is 0 Å². The Hall–Kier alpha value is -1.59. The number of urea groups is 1. The summed E-state index contributed by atoms with van der Waals surface area (Å²) in [6.07, 6.45) is 5.30. The Morgan fingerprint density at radius 2 is 1.92 bits per heavy atom. The van der Waals surface area contributed by atoms with Crippen LogP contribution < -0.4 is 5.32 Å². The Balaban J connectivity index is 1.86. The van der Waals surface area contributed by atoms with E-state index in [9.17, 15) is 4.79 Å². The summed E-state index contributed by atoms with van der Waals surface area (Å²) in [7, 11) is 0. The van der Waals surface area contributed by atoms with Crippen LogP contribution in [0.4, 0.5) is 4.79 Å². The number of likely N-dealkylation sites (N-methyl/N-ethyl adjacent to an activating group) is 1. The van der Waals surface area contributed by atoms with Gasteiger partial charge in [0, 0.05) is 26.2 Å². The van der Waals surface area contributed by atoms with Gasteiger partial charge in [-0.2, -0.15) is 0 Å². The molecule has 24 heavy (non-hydrogen) atoms. The zero-order valence-electron chi connectivity index (χ0n) is 14.8. The number of nitrogens with one attached hydrogen (secondary N) is 1. The van der Waals surface area contributed by atoms with Gasteiger partial charge in [-0.25, -0.2) is 4.79 Å². The van der Waals surface area contributed by atoms with Crippen molar-refractivity contribution in [3.63, 3.8) is 0 Å². The van der Waals surface area contributed by atoms with Crippen LogP contribution in [0.5, 0.6) is 0 Å². The molecule has 1 saturated heterocycles. The third-order valence-corrected chi connectivity index (χ3v) is 4.58. The highest BCUT2D eigenvalue weighted by Crippen LogP contribution is 2.14. The first-order valence-corrected chi connectivity index (χ1v) is 9.16. The summed E-state index contributed by atoms with van der Waals surface area (Å²) in [5.74, 6) is 0. The van der Waals surface area contributed by atoms with E-state index in [0.29, 0.717) is 19.6 Å². The minimum atomic E-state index is -0.121. The van der Waals surface area contributed by atoms with Crippen molar-refractivity contribution in [2.45, 2.75) is 45.7 Å². The second-order valence-corrected chi connectivity index (χ2v) is 6.47. The smallest absolute Gasteiger partial charge is 0.317 e. The van der Waals surface area contributed by atoms with Crippen molar-refractivity contribution in [2.75, 3.05) is 32.8 Å². The topological polar surface area (TPSA) is 55.8 Å². The number of rotatable bonds is 7. The van der Waals surface area contributed by atoms with Gasteiger partial charge in [0.1, 0.15) is 0 Å². The fourth-order valence-electron chi connectivity index (χ4n) is 3.20. The van der Waals surface area contributed by atoms with Crippen LogP contribution in [0, 0.1) is 0 Å². The van der Waals surface area contributed by atoms with Crippen molar-refractivity contribution < 1.29 is 9.90 Å². The largest absolute Gasteiger partial charge is 0.395 e. The summed E-state index contributed by atoms with van der Waals surface area (Å²) in [5.41, 5.74) is 2.43. The van der Waals surface area contributed by atoms with Gasteiger partial charge >= 0.3 is 6.03 Å². The van der Waals surface area contributed by atoms with E-state index in [2.05, 4.69) is 34.5 Å². The van der Waals surface area contributed by atoms with Gasteiger partial charge < -0.3 is 15.3 Å². The highest BCUT2D eigenvalue weighted by atomic mass is 16.3. The molecule has 1 aromatic rings. The Labute approximate surface area is 145 Å². The number of hydrogen-bond acceptors (Lipinski definition) is 3. The van der Waals surface area contributed by atoms with Gasteiger partial charge in [0.25, 0.3) is 0 Å². The molecule has 0 bridgehead atoms. The van der Waals surface area contributed by atoms with Crippen LogP contribution in [0.2, 0.25) is 0 Å². The minimum absolute atomic E-state index is 0.00736. The summed E-state index contributed by atoms with van der Waals surface area (Å²) in [4.78, 5) is 16.2. The molecule has 2 N–H and O–H groups in total. The number of aliphatic hydroxyl groups excluding tert-OH is 1. The van der Waals surface area contributed by atoms with Crippen LogP contribution in [0.15, 0.2) is 24.3 Å². The van der Waals surface area contributed by atoms with Crippen LogP contribution in [-0.4, -0.2) is 53.7 Å². The summed E-state index contributed by atoms with van der Waals surface area (Å²) in [6, 6.07) is 8.35. The van der Waals surface area contributed by atoms with Crippen LogP contribution >= 0.6 is 0 Å². The lowest BCUT2D eigenvalue weighted by Crippen LogP contribution is -2.41. The van der Waals surface area contributed by atoms with Crippen molar-refractivity contribution in [1.82, 2.24) is 15.1 Å². The Morgan fingerprint density at radius 3 is 2.58 bits per heavy atom. The maximum Gasteiger partial charge on any atom is 0.317 e. The molecular formula is C19H31N3O2. The molecular weight excluding hydrogens is 302 g/mol. The molecule has 1 fully saturated rings.